The third kappa shape index (κ3) is 3.20. The maximum absolute atomic E-state index is 11.0. The Hall–Kier alpha value is -1.10. The smallest absolute Gasteiger partial charge is 0.303 e. The molecule has 16 heavy (non-hydrogen) atoms. The summed E-state index contributed by atoms with van der Waals surface area (Å²) < 4.78 is 15.7. The lowest BCUT2D eigenvalue weighted by molar-refractivity contribution is -0.198. The summed E-state index contributed by atoms with van der Waals surface area (Å²) in [6.45, 7) is 6.76. The quantitative estimate of drug-likeness (QED) is 0.660. The highest BCUT2D eigenvalue weighted by Gasteiger charge is 2.39. The largest absolute Gasteiger partial charge is 0.458 e. The Balaban J connectivity index is 2.72. The van der Waals surface area contributed by atoms with E-state index in [1.165, 1.54) is 13.8 Å². The topological polar surface area (TPSA) is 61.8 Å². The standard InChI is InChI=1S/C11H18O5/c1-6-7(2)14-5-10(15-8(3)12)11(6)16-9(4)13/h6-7,10-11H,5H2,1-4H3/t6-,7?,10-,11+/m0/s1. The molecule has 0 aromatic carbocycles. The van der Waals surface area contributed by atoms with Gasteiger partial charge in [-0.3, -0.25) is 9.59 Å². The molecular weight excluding hydrogens is 212 g/mol. The SMILES string of the molecule is CC(=O)O[C@H]1[C@@H](OC(C)=O)COC(C)[C@@H]1C. The van der Waals surface area contributed by atoms with Crippen LogP contribution < -0.4 is 0 Å². The fraction of sp³-hybridized carbons (Fsp3) is 0.818. The summed E-state index contributed by atoms with van der Waals surface area (Å²) in [5, 5.41) is 0. The van der Waals surface area contributed by atoms with Crippen molar-refractivity contribution < 1.29 is 23.8 Å². The molecule has 1 aliphatic rings. The lowest BCUT2D eigenvalue weighted by Gasteiger charge is -2.38. The van der Waals surface area contributed by atoms with Crippen LogP contribution >= 0.6 is 0 Å². The Morgan fingerprint density at radius 2 is 1.69 bits per heavy atom. The van der Waals surface area contributed by atoms with Crippen molar-refractivity contribution in [3.8, 4) is 0 Å². The first kappa shape index (κ1) is 13.0. The lowest BCUT2D eigenvalue weighted by atomic mass is 9.92. The second-order valence-corrected chi connectivity index (χ2v) is 4.12. The van der Waals surface area contributed by atoms with Gasteiger partial charge in [-0.15, -0.1) is 0 Å². The molecule has 1 aliphatic heterocycles. The highest BCUT2D eigenvalue weighted by Crippen LogP contribution is 2.25. The molecule has 1 fully saturated rings. The molecule has 92 valence electrons. The number of rotatable bonds is 2. The van der Waals surface area contributed by atoms with Gasteiger partial charge in [0, 0.05) is 19.8 Å². The summed E-state index contributed by atoms with van der Waals surface area (Å²) in [5.41, 5.74) is 0. The molecule has 1 heterocycles. The third-order valence-corrected chi connectivity index (χ3v) is 2.77. The minimum atomic E-state index is -0.507. The Kier molecular flexibility index (Phi) is 4.29. The van der Waals surface area contributed by atoms with Crippen molar-refractivity contribution in [3.05, 3.63) is 0 Å². The number of carbonyl (C=O) groups excluding carboxylic acids is 2. The van der Waals surface area contributed by atoms with Gasteiger partial charge in [-0.05, 0) is 6.92 Å². The van der Waals surface area contributed by atoms with Crippen LogP contribution in [0.4, 0.5) is 0 Å². The van der Waals surface area contributed by atoms with Crippen LogP contribution in [0.1, 0.15) is 27.7 Å². The summed E-state index contributed by atoms with van der Waals surface area (Å²) in [6.07, 6.45) is -0.950. The van der Waals surface area contributed by atoms with Crippen molar-refractivity contribution in [2.75, 3.05) is 6.61 Å². The van der Waals surface area contributed by atoms with Gasteiger partial charge in [-0.2, -0.15) is 0 Å². The van der Waals surface area contributed by atoms with E-state index in [-0.39, 0.29) is 24.6 Å². The van der Waals surface area contributed by atoms with Crippen molar-refractivity contribution in [1.82, 2.24) is 0 Å². The second-order valence-electron chi connectivity index (χ2n) is 4.12. The fourth-order valence-electron chi connectivity index (χ4n) is 1.79. The Morgan fingerprint density at radius 3 is 2.19 bits per heavy atom. The van der Waals surface area contributed by atoms with Crippen molar-refractivity contribution in [1.29, 1.82) is 0 Å². The van der Waals surface area contributed by atoms with E-state index in [2.05, 4.69) is 0 Å². The summed E-state index contributed by atoms with van der Waals surface area (Å²) in [7, 11) is 0. The number of ether oxygens (including phenoxy) is 3. The van der Waals surface area contributed by atoms with Gasteiger partial charge >= 0.3 is 11.9 Å². The minimum absolute atomic E-state index is 0.00185. The van der Waals surface area contributed by atoms with Crippen LogP contribution in [0.3, 0.4) is 0 Å². The van der Waals surface area contributed by atoms with Gasteiger partial charge in [-0.1, -0.05) is 6.92 Å². The predicted octanol–water partition coefficient (Wildman–Crippen LogP) is 0.905. The molecule has 1 saturated heterocycles. The molecule has 0 saturated carbocycles. The second kappa shape index (κ2) is 5.30. The van der Waals surface area contributed by atoms with Crippen LogP contribution in [0.5, 0.6) is 0 Å². The zero-order chi connectivity index (χ0) is 12.3. The maximum atomic E-state index is 11.0. The van der Waals surface area contributed by atoms with E-state index in [0.717, 1.165) is 0 Å². The molecular formula is C11H18O5. The maximum Gasteiger partial charge on any atom is 0.303 e. The van der Waals surface area contributed by atoms with E-state index < -0.39 is 18.2 Å². The third-order valence-electron chi connectivity index (χ3n) is 2.77. The van der Waals surface area contributed by atoms with Crippen LogP contribution in [0.15, 0.2) is 0 Å². The molecule has 1 unspecified atom stereocenters. The average molecular weight is 230 g/mol. The van der Waals surface area contributed by atoms with Crippen LogP contribution in [-0.4, -0.2) is 36.9 Å². The number of hydrogen-bond donors (Lipinski definition) is 0. The molecule has 0 aromatic heterocycles. The van der Waals surface area contributed by atoms with Crippen LogP contribution in [0, 0.1) is 5.92 Å². The highest BCUT2D eigenvalue weighted by atomic mass is 16.6. The molecule has 0 N–H and O–H groups in total. The molecule has 0 aliphatic carbocycles. The molecule has 4 atom stereocenters. The Morgan fingerprint density at radius 1 is 1.12 bits per heavy atom. The number of esters is 2. The number of carbonyl (C=O) groups is 2. The minimum Gasteiger partial charge on any atom is -0.458 e. The van der Waals surface area contributed by atoms with Gasteiger partial charge < -0.3 is 14.2 Å². The van der Waals surface area contributed by atoms with Gasteiger partial charge in [0.1, 0.15) is 6.10 Å². The van der Waals surface area contributed by atoms with Crippen molar-refractivity contribution in [3.63, 3.8) is 0 Å². The lowest BCUT2D eigenvalue weighted by Crippen LogP contribution is -2.50. The molecule has 0 aromatic rings. The van der Waals surface area contributed by atoms with E-state index in [4.69, 9.17) is 14.2 Å². The molecule has 0 spiro atoms. The molecule has 0 bridgehead atoms. The van der Waals surface area contributed by atoms with Crippen molar-refractivity contribution in [2.24, 2.45) is 5.92 Å². The van der Waals surface area contributed by atoms with E-state index in [9.17, 15) is 9.59 Å². The van der Waals surface area contributed by atoms with E-state index in [1.54, 1.807) is 0 Å². The number of hydrogen-bond acceptors (Lipinski definition) is 5. The first-order valence-corrected chi connectivity index (χ1v) is 5.38. The van der Waals surface area contributed by atoms with Gasteiger partial charge in [0.05, 0.1) is 12.7 Å². The molecule has 5 heteroatoms. The predicted molar refractivity (Wildman–Crippen MR) is 55.7 cm³/mol. The van der Waals surface area contributed by atoms with Gasteiger partial charge in [0.25, 0.3) is 0 Å². The van der Waals surface area contributed by atoms with Crippen molar-refractivity contribution >= 4 is 11.9 Å². The molecule has 0 radical (unpaired) electrons. The van der Waals surface area contributed by atoms with Crippen molar-refractivity contribution in [2.45, 2.75) is 46.0 Å². The zero-order valence-corrected chi connectivity index (χ0v) is 10.1. The van der Waals surface area contributed by atoms with Crippen LogP contribution in [-0.2, 0) is 23.8 Å². The Labute approximate surface area is 95.0 Å². The summed E-state index contributed by atoms with van der Waals surface area (Å²) in [6, 6.07) is 0. The average Bonchev–Trinajstić information content (AvgIpc) is 2.16. The summed E-state index contributed by atoms with van der Waals surface area (Å²) >= 11 is 0. The fourth-order valence-corrected chi connectivity index (χ4v) is 1.79. The molecule has 0 amide bonds. The van der Waals surface area contributed by atoms with Gasteiger partial charge in [0.15, 0.2) is 6.10 Å². The van der Waals surface area contributed by atoms with E-state index in [1.807, 2.05) is 13.8 Å². The van der Waals surface area contributed by atoms with Crippen LogP contribution in [0.2, 0.25) is 0 Å². The summed E-state index contributed by atoms with van der Waals surface area (Å²) in [4.78, 5) is 21.9. The first-order chi connectivity index (χ1) is 7.41. The first-order valence-electron chi connectivity index (χ1n) is 5.38. The molecule has 5 nitrogen and oxygen atoms in total. The summed E-state index contributed by atoms with van der Waals surface area (Å²) in [5.74, 6) is -0.766. The zero-order valence-electron chi connectivity index (χ0n) is 10.1. The van der Waals surface area contributed by atoms with E-state index >= 15 is 0 Å². The Bertz CT molecular complexity index is 276. The highest BCUT2D eigenvalue weighted by molar-refractivity contribution is 5.67. The monoisotopic (exact) mass is 230 g/mol. The van der Waals surface area contributed by atoms with Crippen LogP contribution in [0.25, 0.3) is 0 Å². The normalized spacial score (nSPS) is 34.2. The molecule has 1 rings (SSSR count). The van der Waals surface area contributed by atoms with Gasteiger partial charge in [-0.25, -0.2) is 0 Å². The van der Waals surface area contributed by atoms with E-state index in [0.29, 0.717) is 0 Å². The van der Waals surface area contributed by atoms with Gasteiger partial charge in [0.2, 0.25) is 0 Å².